The number of hydrogen-bond acceptors (Lipinski definition) is 3. The molecule has 0 amide bonds. The van der Waals surface area contributed by atoms with Gasteiger partial charge in [0.25, 0.3) is 6.47 Å². The molecule has 1 rings (SSSR count). The van der Waals surface area contributed by atoms with E-state index < -0.39 is 0 Å². The van der Waals surface area contributed by atoms with Gasteiger partial charge >= 0.3 is 0 Å². The third-order valence-electron chi connectivity index (χ3n) is 2.22. The Kier molecular flexibility index (Phi) is 4.13. The van der Waals surface area contributed by atoms with Crippen molar-refractivity contribution in [3.63, 3.8) is 0 Å². The maximum absolute atomic E-state index is 10.3. The highest BCUT2D eigenvalue weighted by molar-refractivity contribution is 5.48. The van der Waals surface area contributed by atoms with Crippen molar-refractivity contribution in [2.45, 2.75) is 19.3 Å². The van der Waals surface area contributed by atoms with Gasteiger partial charge in [-0.1, -0.05) is 25.1 Å². The second-order valence-corrected chi connectivity index (χ2v) is 3.23. The van der Waals surface area contributed by atoms with Crippen LogP contribution in [0.3, 0.4) is 0 Å². The average molecular weight is 193 g/mol. The van der Waals surface area contributed by atoms with Crippen LogP contribution in [0.25, 0.3) is 0 Å². The average Bonchev–Trinajstić information content (AvgIpc) is 2.19. The molecule has 0 spiro atoms. The quantitative estimate of drug-likeness (QED) is 0.724. The summed E-state index contributed by atoms with van der Waals surface area (Å²) in [6, 6.07) is 7.52. The van der Waals surface area contributed by atoms with Crippen LogP contribution < -0.4 is 10.5 Å². The molecule has 1 unspecified atom stereocenters. The van der Waals surface area contributed by atoms with E-state index in [2.05, 4.69) is 6.92 Å². The second-order valence-electron chi connectivity index (χ2n) is 3.23. The van der Waals surface area contributed by atoms with Gasteiger partial charge < -0.3 is 10.5 Å². The van der Waals surface area contributed by atoms with Gasteiger partial charge in [-0.15, -0.1) is 0 Å². The molecular weight excluding hydrogens is 178 g/mol. The van der Waals surface area contributed by atoms with Gasteiger partial charge in [0.15, 0.2) is 0 Å². The van der Waals surface area contributed by atoms with Gasteiger partial charge in [-0.25, -0.2) is 0 Å². The van der Waals surface area contributed by atoms with Crippen molar-refractivity contribution in [1.29, 1.82) is 0 Å². The highest BCUT2D eigenvalue weighted by Crippen LogP contribution is 2.27. The van der Waals surface area contributed by atoms with Crippen LogP contribution in [0.15, 0.2) is 24.3 Å². The summed E-state index contributed by atoms with van der Waals surface area (Å²) in [4.78, 5) is 10.3. The number of benzene rings is 1. The summed E-state index contributed by atoms with van der Waals surface area (Å²) < 4.78 is 4.88. The van der Waals surface area contributed by atoms with E-state index >= 15 is 0 Å². The monoisotopic (exact) mass is 193 g/mol. The number of ether oxygens (including phenoxy) is 1. The van der Waals surface area contributed by atoms with Crippen LogP contribution in [-0.4, -0.2) is 13.0 Å². The molecule has 1 atom stereocenters. The van der Waals surface area contributed by atoms with E-state index in [0.29, 0.717) is 24.7 Å². The molecule has 1 aromatic rings. The summed E-state index contributed by atoms with van der Waals surface area (Å²) in [6.07, 6.45) is 0.888. The minimum atomic E-state index is 0.316. The minimum absolute atomic E-state index is 0.316. The third kappa shape index (κ3) is 2.57. The molecule has 0 heterocycles. The zero-order valence-corrected chi connectivity index (χ0v) is 8.27. The molecule has 0 saturated carbocycles. The summed E-state index contributed by atoms with van der Waals surface area (Å²) in [5.41, 5.74) is 6.51. The van der Waals surface area contributed by atoms with Crippen LogP contribution in [0.1, 0.15) is 24.8 Å². The maximum atomic E-state index is 10.3. The smallest absolute Gasteiger partial charge is 0.298 e. The van der Waals surface area contributed by atoms with Crippen molar-refractivity contribution in [2.75, 3.05) is 6.54 Å². The Balaban J connectivity index is 2.87. The first-order valence-electron chi connectivity index (χ1n) is 4.69. The van der Waals surface area contributed by atoms with E-state index in [0.717, 1.165) is 12.0 Å². The summed E-state index contributed by atoms with van der Waals surface area (Å²) in [5.74, 6) is 0.944. The summed E-state index contributed by atoms with van der Waals surface area (Å²) in [7, 11) is 0. The van der Waals surface area contributed by atoms with Gasteiger partial charge in [-0.2, -0.15) is 0 Å². The second kappa shape index (κ2) is 5.40. The van der Waals surface area contributed by atoms with Crippen molar-refractivity contribution >= 4 is 6.47 Å². The molecule has 0 aliphatic carbocycles. The van der Waals surface area contributed by atoms with Crippen LogP contribution in [0, 0.1) is 0 Å². The molecular formula is C11H15NO2. The number of carbonyl (C=O) groups is 1. The van der Waals surface area contributed by atoms with Crippen LogP contribution in [-0.2, 0) is 4.79 Å². The molecule has 1 aromatic carbocycles. The standard InChI is InChI=1S/C11H15NO2/c1-9(6-7-12)10-4-2-3-5-11(10)14-8-13/h2-5,8-9H,6-7,12H2,1H3. The van der Waals surface area contributed by atoms with Gasteiger partial charge in [0, 0.05) is 0 Å². The molecule has 76 valence electrons. The Morgan fingerprint density at radius 3 is 2.86 bits per heavy atom. The van der Waals surface area contributed by atoms with Crippen molar-refractivity contribution in [2.24, 2.45) is 5.73 Å². The van der Waals surface area contributed by atoms with E-state index in [1.54, 1.807) is 6.07 Å². The van der Waals surface area contributed by atoms with Gasteiger partial charge in [0.1, 0.15) is 5.75 Å². The largest absolute Gasteiger partial charge is 0.428 e. The number of rotatable bonds is 5. The SMILES string of the molecule is CC(CCN)c1ccccc1OC=O. The zero-order valence-electron chi connectivity index (χ0n) is 8.27. The van der Waals surface area contributed by atoms with Crippen LogP contribution in [0.4, 0.5) is 0 Å². The molecule has 0 aliphatic rings. The Bertz CT molecular complexity index is 299. The minimum Gasteiger partial charge on any atom is -0.428 e. The molecule has 0 aliphatic heterocycles. The molecule has 0 radical (unpaired) electrons. The predicted octanol–water partition coefficient (Wildman–Crippen LogP) is 1.67. The van der Waals surface area contributed by atoms with Crippen molar-refractivity contribution in [3.05, 3.63) is 29.8 Å². The normalized spacial score (nSPS) is 12.1. The maximum Gasteiger partial charge on any atom is 0.298 e. The van der Waals surface area contributed by atoms with Gasteiger partial charge in [-0.05, 0) is 30.5 Å². The molecule has 2 N–H and O–H groups in total. The van der Waals surface area contributed by atoms with E-state index in [4.69, 9.17) is 10.5 Å². The fourth-order valence-corrected chi connectivity index (χ4v) is 1.45. The zero-order chi connectivity index (χ0) is 10.4. The first kappa shape index (κ1) is 10.7. The van der Waals surface area contributed by atoms with Crippen LogP contribution >= 0.6 is 0 Å². The Morgan fingerprint density at radius 2 is 2.21 bits per heavy atom. The number of carbonyl (C=O) groups excluding carboxylic acids is 1. The molecule has 3 nitrogen and oxygen atoms in total. The van der Waals surface area contributed by atoms with Crippen molar-refractivity contribution in [3.8, 4) is 5.75 Å². The lowest BCUT2D eigenvalue weighted by Gasteiger charge is -2.13. The predicted molar refractivity (Wildman–Crippen MR) is 55.2 cm³/mol. The van der Waals surface area contributed by atoms with E-state index in [9.17, 15) is 4.79 Å². The fourth-order valence-electron chi connectivity index (χ4n) is 1.45. The van der Waals surface area contributed by atoms with E-state index in [1.165, 1.54) is 0 Å². The number of nitrogens with two attached hydrogens (primary N) is 1. The lowest BCUT2D eigenvalue weighted by atomic mass is 9.97. The number of hydrogen-bond donors (Lipinski definition) is 1. The van der Waals surface area contributed by atoms with Gasteiger partial charge in [0.05, 0.1) is 0 Å². The Hall–Kier alpha value is -1.35. The summed E-state index contributed by atoms with van der Waals surface area (Å²) in [5, 5.41) is 0. The summed E-state index contributed by atoms with van der Waals surface area (Å²) >= 11 is 0. The lowest BCUT2D eigenvalue weighted by Crippen LogP contribution is -2.06. The lowest BCUT2D eigenvalue weighted by molar-refractivity contribution is -0.120. The first-order chi connectivity index (χ1) is 6.79. The summed E-state index contributed by atoms with van der Waals surface area (Å²) in [6.45, 7) is 3.16. The molecule has 0 aromatic heterocycles. The van der Waals surface area contributed by atoms with E-state index in [-0.39, 0.29) is 0 Å². The molecule has 0 saturated heterocycles. The molecule has 0 fully saturated rings. The number of para-hydroxylation sites is 1. The van der Waals surface area contributed by atoms with Gasteiger partial charge in [0.2, 0.25) is 0 Å². The highest BCUT2D eigenvalue weighted by Gasteiger charge is 2.09. The Labute approximate surface area is 83.9 Å². The topological polar surface area (TPSA) is 52.3 Å². The highest BCUT2D eigenvalue weighted by atomic mass is 16.5. The molecule has 14 heavy (non-hydrogen) atoms. The van der Waals surface area contributed by atoms with Crippen LogP contribution in [0.5, 0.6) is 5.75 Å². The van der Waals surface area contributed by atoms with Gasteiger partial charge in [-0.3, -0.25) is 4.79 Å². The first-order valence-corrected chi connectivity index (χ1v) is 4.69. The van der Waals surface area contributed by atoms with Crippen molar-refractivity contribution < 1.29 is 9.53 Å². The molecule has 0 bridgehead atoms. The van der Waals surface area contributed by atoms with Crippen molar-refractivity contribution in [1.82, 2.24) is 0 Å². The van der Waals surface area contributed by atoms with E-state index in [1.807, 2.05) is 18.2 Å². The molecule has 3 heteroatoms. The third-order valence-corrected chi connectivity index (χ3v) is 2.22. The van der Waals surface area contributed by atoms with Crippen LogP contribution in [0.2, 0.25) is 0 Å². The Morgan fingerprint density at radius 1 is 1.50 bits per heavy atom. The fraction of sp³-hybridized carbons (Fsp3) is 0.364.